The minimum Gasteiger partial charge on any atom is -0.322 e. The third-order valence-electron chi connectivity index (χ3n) is 5.04. The summed E-state index contributed by atoms with van der Waals surface area (Å²) in [5, 5.41) is 7.56. The highest BCUT2D eigenvalue weighted by molar-refractivity contribution is 7.19. The van der Waals surface area contributed by atoms with Crippen molar-refractivity contribution in [2.24, 2.45) is 0 Å². The number of aryl methyl sites for hydroxylation is 2. The monoisotopic (exact) mass is 415 g/mol. The fourth-order valence-electron chi connectivity index (χ4n) is 3.70. The Balaban J connectivity index is 1.51. The van der Waals surface area contributed by atoms with Gasteiger partial charge in [0.1, 0.15) is 29.3 Å². The third kappa shape index (κ3) is 3.00. The summed E-state index contributed by atoms with van der Waals surface area (Å²) in [5.74, 6) is -2.28. The SMILES string of the molecule is O=C(Cn1nc2c3c4c(sc3ncn2c1=O)CCCC4)Nc1ccc(F)cc1F. The normalized spacial score (nSPS) is 13.7. The van der Waals surface area contributed by atoms with Crippen LogP contribution in [0, 0.1) is 11.6 Å². The van der Waals surface area contributed by atoms with Crippen LogP contribution in [0.2, 0.25) is 0 Å². The van der Waals surface area contributed by atoms with Crippen molar-refractivity contribution in [3.63, 3.8) is 0 Å². The number of fused-ring (bicyclic) bond motifs is 5. The van der Waals surface area contributed by atoms with Crippen LogP contribution in [0.3, 0.4) is 0 Å². The Morgan fingerprint density at radius 1 is 1.24 bits per heavy atom. The van der Waals surface area contributed by atoms with Crippen molar-refractivity contribution >= 4 is 38.8 Å². The second-order valence-corrected chi connectivity index (χ2v) is 8.03. The van der Waals surface area contributed by atoms with Crippen molar-refractivity contribution in [1.82, 2.24) is 19.2 Å². The maximum Gasteiger partial charge on any atom is 0.352 e. The number of hydrogen-bond acceptors (Lipinski definition) is 5. The molecule has 0 saturated carbocycles. The number of benzene rings is 1. The van der Waals surface area contributed by atoms with Crippen LogP contribution in [0.5, 0.6) is 0 Å². The summed E-state index contributed by atoms with van der Waals surface area (Å²) in [7, 11) is 0. The third-order valence-corrected chi connectivity index (χ3v) is 6.24. The first kappa shape index (κ1) is 17.9. The molecule has 0 fully saturated rings. The average molecular weight is 415 g/mol. The zero-order chi connectivity index (χ0) is 20.1. The van der Waals surface area contributed by atoms with Crippen molar-refractivity contribution in [2.45, 2.75) is 32.2 Å². The molecule has 1 N–H and O–H groups in total. The minimum absolute atomic E-state index is 0.163. The zero-order valence-corrected chi connectivity index (χ0v) is 15.9. The number of nitrogens with one attached hydrogen (secondary N) is 1. The molecule has 1 aromatic carbocycles. The lowest BCUT2D eigenvalue weighted by Gasteiger charge is -2.09. The molecule has 0 radical (unpaired) electrons. The molecule has 0 atom stereocenters. The number of carbonyl (C=O) groups is 1. The molecule has 5 rings (SSSR count). The van der Waals surface area contributed by atoms with Crippen molar-refractivity contribution in [2.75, 3.05) is 5.32 Å². The molecule has 0 spiro atoms. The molecule has 29 heavy (non-hydrogen) atoms. The van der Waals surface area contributed by atoms with E-state index >= 15 is 0 Å². The standard InChI is InChI=1S/C19H15F2N5O2S/c20-10-5-6-13(12(21)7-10)23-15(27)8-26-19(28)25-9-22-18-16(17(25)24-26)11-3-1-2-4-14(11)29-18/h5-7,9H,1-4,8H2,(H,23,27). The molecule has 7 nitrogen and oxygen atoms in total. The van der Waals surface area contributed by atoms with Gasteiger partial charge in [-0.2, -0.15) is 0 Å². The molecule has 1 aliphatic carbocycles. The Kier molecular flexibility index (Phi) is 4.16. The van der Waals surface area contributed by atoms with E-state index in [1.807, 2.05) is 0 Å². The Hall–Kier alpha value is -3.14. The Morgan fingerprint density at radius 2 is 2.07 bits per heavy atom. The lowest BCUT2D eigenvalue weighted by Crippen LogP contribution is -2.28. The van der Waals surface area contributed by atoms with E-state index in [2.05, 4.69) is 15.4 Å². The number of thiophene rings is 1. The van der Waals surface area contributed by atoms with Crippen LogP contribution in [-0.4, -0.2) is 25.1 Å². The topological polar surface area (TPSA) is 81.3 Å². The predicted molar refractivity (Wildman–Crippen MR) is 104 cm³/mol. The molecule has 1 amide bonds. The zero-order valence-electron chi connectivity index (χ0n) is 15.1. The van der Waals surface area contributed by atoms with E-state index in [0.29, 0.717) is 11.7 Å². The van der Waals surface area contributed by atoms with Gasteiger partial charge in [0.05, 0.1) is 11.1 Å². The van der Waals surface area contributed by atoms with Crippen LogP contribution in [-0.2, 0) is 24.2 Å². The van der Waals surface area contributed by atoms with Gasteiger partial charge in [-0.15, -0.1) is 16.4 Å². The second kappa shape index (κ2) is 6.73. The predicted octanol–water partition coefficient (Wildman–Crippen LogP) is 2.90. The number of aromatic nitrogens is 4. The first-order valence-electron chi connectivity index (χ1n) is 9.14. The van der Waals surface area contributed by atoms with Gasteiger partial charge in [-0.3, -0.25) is 4.79 Å². The lowest BCUT2D eigenvalue weighted by atomic mass is 9.97. The maximum absolute atomic E-state index is 13.7. The molecular formula is C19H15F2N5O2S. The molecule has 0 unspecified atom stereocenters. The van der Waals surface area contributed by atoms with Gasteiger partial charge in [0.15, 0.2) is 5.65 Å². The maximum atomic E-state index is 13.7. The van der Waals surface area contributed by atoms with Gasteiger partial charge in [-0.25, -0.2) is 27.6 Å². The van der Waals surface area contributed by atoms with Crippen LogP contribution >= 0.6 is 11.3 Å². The molecular weight excluding hydrogens is 400 g/mol. The van der Waals surface area contributed by atoms with Gasteiger partial charge in [0.25, 0.3) is 0 Å². The first-order valence-corrected chi connectivity index (χ1v) is 9.96. The molecule has 3 aromatic heterocycles. The van der Waals surface area contributed by atoms with E-state index in [1.165, 1.54) is 21.2 Å². The van der Waals surface area contributed by atoms with E-state index < -0.39 is 29.8 Å². The summed E-state index contributed by atoms with van der Waals surface area (Å²) in [4.78, 5) is 31.5. The number of nitrogens with zero attached hydrogens (tertiary/aromatic N) is 4. The molecule has 0 saturated heterocycles. The average Bonchev–Trinajstić information content (AvgIpc) is 3.22. The van der Waals surface area contributed by atoms with Gasteiger partial charge in [0, 0.05) is 10.9 Å². The second-order valence-electron chi connectivity index (χ2n) is 6.94. The number of amides is 1. The Bertz CT molecular complexity index is 1340. The van der Waals surface area contributed by atoms with E-state index in [9.17, 15) is 18.4 Å². The smallest absolute Gasteiger partial charge is 0.322 e. The largest absolute Gasteiger partial charge is 0.352 e. The van der Waals surface area contributed by atoms with Crippen molar-refractivity contribution < 1.29 is 13.6 Å². The summed E-state index contributed by atoms with van der Waals surface area (Å²) in [5.41, 5.74) is 0.994. The molecule has 3 heterocycles. The van der Waals surface area contributed by atoms with E-state index in [0.717, 1.165) is 52.7 Å². The summed E-state index contributed by atoms with van der Waals surface area (Å²) < 4.78 is 29.1. The van der Waals surface area contributed by atoms with Gasteiger partial charge < -0.3 is 5.32 Å². The summed E-state index contributed by atoms with van der Waals surface area (Å²) >= 11 is 1.62. The Morgan fingerprint density at radius 3 is 2.90 bits per heavy atom. The van der Waals surface area contributed by atoms with Crippen molar-refractivity contribution in [3.05, 3.63) is 57.1 Å². The lowest BCUT2D eigenvalue weighted by molar-refractivity contribution is -0.117. The fourth-order valence-corrected chi connectivity index (χ4v) is 4.92. The molecule has 148 valence electrons. The van der Waals surface area contributed by atoms with Crippen LogP contribution < -0.4 is 11.0 Å². The molecule has 0 bridgehead atoms. The highest BCUT2D eigenvalue weighted by Gasteiger charge is 2.22. The first-order chi connectivity index (χ1) is 14.0. The Labute approximate surface area is 166 Å². The van der Waals surface area contributed by atoms with Crippen LogP contribution in [0.1, 0.15) is 23.3 Å². The number of halogens is 2. The quantitative estimate of drug-likeness (QED) is 0.558. The van der Waals surface area contributed by atoms with Crippen molar-refractivity contribution in [3.8, 4) is 0 Å². The highest BCUT2D eigenvalue weighted by Crippen LogP contribution is 2.36. The molecule has 0 aliphatic heterocycles. The fraction of sp³-hybridized carbons (Fsp3) is 0.263. The van der Waals surface area contributed by atoms with Gasteiger partial charge >= 0.3 is 5.69 Å². The number of anilines is 1. The van der Waals surface area contributed by atoms with Crippen LogP contribution in [0.25, 0.3) is 15.9 Å². The minimum atomic E-state index is -0.892. The molecule has 4 aromatic rings. The summed E-state index contributed by atoms with van der Waals surface area (Å²) in [6.45, 7) is -0.398. The summed E-state index contributed by atoms with van der Waals surface area (Å²) in [6, 6.07) is 2.84. The number of carbonyl (C=O) groups excluding carboxylic acids is 1. The molecule has 10 heteroatoms. The highest BCUT2D eigenvalue weighted by atomic mass is 32.1. The van der Waals surface area contributed by atoms with Gasteiger partial charge in [-0.05, 0) is 43.4 Å². The van der Waals surface area contributed by atoms with E-state index in [1.54, 1.807) is 11.3 Å². The van der Waals surface area contributed by atoms with Gasteiger partial charge in [-0.1, -0.05) is 0 Å². The van der Waals surface area contributed by atoms with E-state index in [4.69, 9.17) is 0 Å². The van der Waals surface area contributed by atoms with Crippen LogP contribution in [0.15, 0.2) is 29.3 Å². The van der Waals surface area contributed by atoms with Crippen LogP contribution in [0.4, 0.5) is 14.5 Å². The van der Waals surface area contributed by atoms with E-state index in [-0.39, 0.29) is 5.69 Å². The number of hydrogen-bond donors (Lipinski definition) is 1. The molecule has 1 aliphatic rings. The van der Waals surface area contributed by atoms with Gasteiger partial charge in [0.2, 0.25) is 5.91 Å². The summed E-state index contributed by atoms with van der Waals surface area (Å²) in [6.07, 6.45) is 5.55. The number of rotatable bonds is 3. The van der Waals surface area contributed by atoms with Crippen molar-refractivity contribution in [1.29, 1.82) is 0 Å².